The van der Waals surface area contributed by atoms with E-state index < -0.39 is 21.6 Å². The molecule has 1 aliphatic heterocycles. The molecule has 0 spiro atoms. The number of hydrogen-bond acceptors (Lipinski definition) is 6. The highest BCUT2D eigenvalue weighted by atomic mass is 32.2. The fourth-order valence-electron chi connectivity index (χ4n) is 2.29. The van der Waals surface area contributed by atoms with E-state index >= 15 is 0 Å². The highest BCUT2D eigenvalue weighted by molar-refractivity contribution is 8.02. The van der Waals surface area contributed by atoms with Gasteiger partial charge < -0.3 is 10.6 Å². The Labute approximate surface area is 147 Å². The lowest BCUT2D eigenvalue weighted by Gasteiger charge is -2.13. The fourth-order valence-corrected chi connectivity index (χ4v) is 5.77. The molecule has 1 fully saturated rings. The van der Waals surface area contributed by atoms with Crippen LogP contribution in [-0.4, -0.2) is 54.9 Å². The number of rotatable bonds is 7. The predicted octanol–water partition coefficient (Wildman–Crippen LogP) is 1.55. The van der Waals surface area contributed by atoms with E-state index in [1.165, 1.54) is 24.0 Å². The molecule has 2 rings (SSSR count). The minimum atomic E-state index is -4.50. The largest absolute Gasteiger partial charge is 0.419 e. The third-order valence-electron chi connectivity index (χ3n) is 3.49. The zero-order valence-corrected chi connectivity index (χ0v) is 14.8. The molecule has 1 aromatic rings. The van der Waals surface area contributed by atoms with E-state index in [-0.39, 0.29) is 47.3 Å². The van der Waals surface area contributed by atoms with Gasteiger partial charge in [0.2, 0.25) is 5.91 Å². The normalized spacial score (nSPS) is 19.6. The van der Waals surface area contributed by atoms with Crippen LogP contribution in [0.2, 0.25) is 0 Å². The van der Waals surface area contributed by atoms with E-state index in [1.807, 2.05) is 0 Å². The molecule has 2 N–H and O–H groups in total. The van der Waals surface area contributed by atoms with Crippen molar-refractivity contribution in [2.75, 3.05) is 35.7 Å². The highest BCUT2D eigenvalue weighted by Gasteiger charge is 2.34. The molecule has 1 saturated heterocycles. The van der Waals surface area contributed by atoms with Crippen LogP contribution >= 0.6 is 11.8 Å². The van der Waals surface area contributed by atoms with Crippen LogP contribution in [0.3, 0.4) is 0 Å². The Balaban J connectivity index is 1.69. The number of amides is 1. The van der Waals surface area contributed by atoms with Crippen LogP contribution in [0.4, 0.5) is 19.0 Å². The molecule has 1 unspecified atom stereocenters. The number of carbonyl (C=O) groups is 1. The lowest BCUT2D eigenvalue weighted by atomic mass is 10.2. The van der Waals surface area contributed by atoms with Crippen molar-refractivity contribution in [1.29, 1.82) is 0 Å². The minimum Gasteiger partial charge on any atom is -0.368 e. The maximum Gasteiger partial charge on any atom is 0.419 e. The summed E-state index contributed by atoms with van der Waals surface area (Å²) in [5.74, 6) is -0.200. The zero-order valence-electron chi connectivity index (χ0n) is 13.2. The third kappa shape index (κ3) is 6.38. The van der Waals surface area contributed by atoms with E-state index in [4.69, 9.17) is 0 Å². The molecule has 6 nitrogen and oxygen atoms in total. The first kappa shape index (κ1) is 19.8. The lowest BCUT2D eigenvalue weighted by Crippen LogP contribution is -2.31. The van der Waals surface area contributed by atoms with Gasteiger partial charge in [-0.25, -0.2) is 13.4 Å². The van der Waals surface area contributed by atoms with Gasteiger partial charge in [-0.2, -0.15) is 13.2 Å². The summed E-state index contributed by atoms with van der Waals surface area (Å²) in [6.07, 6.45) is -2.71. The minimum absolute atomic E-state index is 0.0725. The van der Waals surface area contributed by atoms with Crippen molar-refractivity contribution >= 4 is 33.3 Å². The van der Waals surface area contributed by atoms with Crippen molar-refractivity contribution in [3.8, 4) is 0 Å². The smallest absolute Gasteiger partial charge is 0.368 e. The molecule has 0 bridgehead atoms. The summed E-state index contributed by atoms with van der Waals surface area (Å²) in [7, 11) is -2.97. The summed E-state index contributed by atoms with van der Waals surface area (Å²) in [5, 5.41) is 5.05. The molecule has 1 aromatic heterocycles. The standard InChI is InChI=1S/C14H18F3N3O3S2/c15-14(16,17)11-2-1-4-19-13(11)20-6-5-18-12(21)8-24-10-3-7-25(22,23)9-10/h1-2,4,10H,3,5-9H2,(H,18,21)(H,19,20). The molecule has 0 radical (unpaired) electrons. The molecule has 0 aromatic carbocycles. The van der Waals surface area contributed by atoms with Crippen molar-refractivity contribution < 1.29 is 26.4 Å². The number of nitrogens with one attached hydrogen (secondary N) is 2. The molecule has 0 saturated carbocycles. The van der Waals surface area contributed by atoms with Crippen LogP contribution in [0, 0.1) is 0 Å². The topological polar surface area (TPSA) is 88.2 Å². The number of sulfone groups is 1. The number of alkyl halides is 3. The second-order valence-corrected chi connectivity index (χ2v) is 9.03. The Hall–Kier alpha value is -1.49. The van der Waals surface area contributed by atoms with Crippen molar-refractivity contribution in [3.63, 3.8) is 0 Å². The number of hydrogen-bond donors (Lipinski definition) is 2. The van der Waals surface area contributed by atoms with E-state index in [2.05, 4.69) is 15.6 Å². The second-order valence-electron chi connectivity index (χ2n) is 5.51. The van der Waals surface area contributed by atoms with Crippen LogP contribution in [0.15, 0.2) is 18.3 Å². The van der Waals surface area contributed by atoms with E-state index in [9.17, 15) is 26.4 Å². The van der Waals surface area contributed by atoms with Gasteiger partial charge in [-0.3, -0.25) is 4.79 Å². The summed E-state index contributed by atoms with van der Waals surface area (Å²) in [4.78, 5) is 15.4. The first-order valence-electron chi connectivity index (χ1n) is 7.52. The molecule has 1 aliphatic rings. The van der Waals surface area contributed by atoms with Gasteiger partial charge >= 0.3 is 6.18 Å². The van der Waals surface area contributed by atoms with Crippen LogP contribution in [0.1, 0.15) is 12.0 Å². The Morgan fingerprint density at radius 2 is 2.12 bits per heavy atom. The Morgan fingerprint density at radius 1 is 1.36 bits per heavy atom. The molecular formula is C14H18F3N3O3S2. The maximum atomic E-state index is 12.8. The monoisotopic (exact) mass is 397 g/mol. The maximum absolute atomic E-state index is 12.8. The summed E-state index contributed by atoms with van der Waals surface area (Å²) >= 11 is 1.28. The molecule has 1 amide bonds. The lowest BCUT2D eigenvalue weighted by molar-refractivity contribution is -0.137. The summed E-state index contributed by atoms with van der Waals surface area (Å²) in [6.45, 7) is 0.227. The van der Waals surface area contributed by atoms with Crippen LogP contribution in [0.5, 0.6) is 0 Å². The average molecular weight is 397 g/mol. The van der Waals surface area contributed by atoms with Gasteiger partial charge in [-0.15, -0.1) is 11.8 Å². The first-order chi connectivity index (χ1) is 11.7. The highest BCUT2D eigenvalue weighted by Crippen LogP contribution is 2.33. The quantitative estimate of drug-likeness (QED) is 0.679. The van der Waals surface area contributed by atoms with Crippen LogP contribution in [0.25, 0.3) is 0 Å². The van der Waals surface area contributed by atoms with Gasteiger partial charge in [0.25, 0.3) is 0 Å². The summed E-state index contributed by atoms with van der Waals surface area (Å²) in [5.41, 5.74) is -0.862. The summed E-state index contributed by atoms with van der Waals surface area (Å²) < 4.78 is 61.0. The fraction of sp³-hybridized carbons (Fsp3) is 0.571. The third-order valence-corrected chi connectivity index (χ3v) is 6.78. The van der Waals surface area contributed by atoms with Gasteiger partial charge in [-0.05, 0) is 18.6 Å². The van der Waals surface area contributed by atoms with Gasteiger partial charge in [0.1, 0.15) is 5.82 Å². The number of nitrogens with zero attached hydrogens (tertiary/aromatic N) is 1. The van der Waals surface area contributed by atoms with Gasteiger partial charge in [0.05, 0.1) is 22.8 Å². The molecule has 0 aliphatic carbocycles. The number of thioether (sulfide) groups is 1. The molecule has 2 heterocycles. The van der Waals surface area contributed by atoms with E-state index in [1.54, 1.807) is 0 Å². The Morgan fingerprint density at radius 3 is 2.76 bits per heavy atom. The van der Waals surface area contributed by atoms with Crippen LogP contribution in [-0.2, 0) is 20.8 Å². The molecule has 1 atom stereocenters. The van der Waals surface area contributed by atoms with Crippen molar-refractivity contribution in [3.05, 3.63) is 23.9 Å². The van der Waals surface area contributed by atoms with Crippen molar-refractivity contribution in [2.24, 2.45) is 0 Å². The number of halogens is 3. The molecule has 11 heteroatoms. The molecular weight excluding hydrogens is 379 g/mol. The van der Waals surface area contributed by atoms with Gasteiger partial charge in [0.15, 0.2) is 9.84 Å². The Kier molecular flexibility index (Phi) is 6.55. The van der Waals surface area contributed by atoms with Gasteiger partial charge in [0, 0.05) is 24.5 Å². The first-order valence-corrected chi connectivity index (χ1v) is 10.4. The number of aromatic nitrogens is 1. The van der Waals surface area contributed by atoms with Crippen molar-refractivity contribution in [1.82, 2.24) is 10.3 Å². The Bertz CT molecular complexity index is 711. The molecule has 25 heavy (non-hydrogen) atoms. The molecule has 140 valence electrons. The number of anilines is 1. The second kappa shape index (κ2) is 8.26. The zero-order chi connectivity index (χ0) is 18.5. The average Bonchev–Trinajstić information content (AvgIpc) is 2.88. The predicted molar refractivity (Wildman–Crippen MR) is 90.3 cm³/mol. The number of pyridine rings is 1. The van der Waals surface area contributed by atoms with Gasteiger partial charge in [-0.1, -0.05) is 0 Å². The summed E-state index contributed by atoms with van der Waals surface area (Å²) in [6, 6.07) is 2.14. The van der Waals surface area contributed by atoms with Crippen LogP contribution < -0.4 is 10.6 Å². The van der Waals surface area contributed by atoms with E-state index in [0.717, 1.165) is 6.07 Å². The van der Waals surface area contributed by atoms with E-state index in [0.29, 0.717) is 6.42 Å². The SMILES string of the molecule is O=C(CSC1CCS(=O)(=O)C1)NCCNc1ncccc1C(F)(F)F. The number of carbonyl (C=O) groups excluding carboxylic acids is 1. The van der Waals surface area contributed by atoms with Crippen molar-refractivity contribution in [2.45, 2.75) is 17.8 Å².